The number of thioether (sulfide) groups is 1. The second kappa shape index (κ2) is 13.7. The number of ether oxygens (including phenoxy) is 1. The Morgan fingerprint density at radius 2 is 1.68 bits per heavy atom. The van der Waals surface area contributed by atoms with Gasteiger partial charge in [-0.15, -0.1) is 0 Å². The molecule has 0 bridgehead atoms. The van der Waals surface area contributed by atoms with Crippen molar-refractivity contribution in [3.8, 4) is 11.1 Å². The predicted molar refractivity (Wildman–Crippen MR) is 152 cm³/mol. The van der Waals surface area contributed by atoms with Crippen LogP contribution in [0.4, 0.5) is 0 Å². The van der Waals surface area contributed by atoms with Gasteiger partial charge < -0.3 is 16.6 Å². The van der Waals surface area contributed by atoms with Crippen molar-refractivity contribution >= 4 is 34.4 Å². The number of aryl methyl sites for hydroxylation is 1. The third kappa shape index (κ3) is 6.51. The van der Waals surface area contributed by atoms with Crippen molar-refractivity contribution in [2.75, 3.05) is 19.1 Å². The molecule has 0 aliphatic rings. The number of carbonyl (C=O) groups excluding carboxylic acids is 1. The van der Waals surface area contributed by atoms with Crippen LogP contribution in [0.2, 0.25) is 0 Å². The van der Waals surface area contributed by atoms with E-state index in [1.54, 1.807) is 24.9 Å². The predicted octanol–water partition coefficient (Wildman–Crippen LogP) is 3.60. The zero-order valence-corrected chi connectivity index (χ0v) is 23.0. The van der Waals surface area contributed by atoms with Crippen LogP contribution < -0.4 is 24.2 Å². The van der Waals surface area contributed by atoms with Gasteiger partial charge in [-0.3, -0.25) is 4.79 Å². The number of carboxylic acid groups (broad SMARTS) is 1. The Labute approximate surface area is 241 Å². The van der Waals surface area contributed by atoms with E-state index in [4.69, 9.17) is 4.74 Å². The summed E-state index contributed by atoms with van der Waals surface area (Å²) in [7, 11) is 1.68. The van der Waals surface area contributed by atoms with Crippen LogP contribution in [-0.2, 0) is 9.53 Å². The zero-order chi connectivity index (χ0) is 26.4. The Balaban J connectivity index is 0.00000267. The molecule has 0 aliphatic carbocycles. The number of carbonyl (C=O) groups is 2. The Hall–Kier alpha value is -3.01. The Kier molecular flexibility index (Phi) is 10.6. The molecule has 0 aliphatic heterocycles. The molecule has 4 aromatic carbocycles. The standard InChI is InChI=1S/C31H31NO4S.Li.H/c1-20-9-4-6-12-23(20)27-19-22(15-16-26(27)30(33)32-28(31(34)35)17-18-37-3)29(36-2)25-14-8-11-21-10-5-7-13-24(21)25;;/h4-16,19,28-29H,17-18H2,1-3H3,(H,32,33)(H,34,35);;/q;+1;-1. The molecule has 4 aromatic rings. The van der Waals surface area contributed by atoms with E-state index in [-0.39, 0.29) is 26.4 Å². The number of rotatable bonds is 10. The molecule has 0 spiro atoms. The molecule has 2 N–H and O–H groups in total. The van der Waals surface area contributed by atoms with E-state index >= 15 is 0 Å². The van der Waals surface area contributed by atoms with Gasteiger partial charge in [0.25, 0.3) is 5.91 Å². The minimum Gasteiger partial charge on any atom is -1.00 e. The number of aliphatic carboxylic acids is 1. The summed E-state index contributed by atoms with van der Waals surface area (Å²) >= 11 is 1.55. The second-order valence-corrected chi connectivity index (χ2v) is 9.94. The fourth-order valence-corrected chi connectivity index (χ4v) is 5.14. The van der Waals surface area contributed by atoms with Crippen LogP contribution in [-0.4, -0.2) is 42.1 Å². The molecule has 1 amide bonds. The quantitative estimate of drug-likeness (QED) is 0.312. The summed E-state index contributed by atoms with van der Waals surface area (Å²) in [5.41, 5.74) is 5.05. The Morgan fingerprint density at radius 3 is 2.39 bits per heavy atom. The summed E-state index contributed by atoms with van der Waals surface area (Å²) < 4.78 is 6.01. The third-order valence-electron chi connectivity index (χ3n) is 6.58. The molecule has 5 nitrogen and oxygen atoms in total. The third-order valence-corrected chi connectivity index (χ3v) is 7.23. The van der Waals surface area contributed by atoms with Crippen LogP contribution >= 0.6 is 11.8 Å². The van der Waals surface area contributed by atoms with E-state index in [0.717, 1.165) is 38.6 Å². The molecule has 0 heterocycles. The van der Waals surface area contributed by atoms with Gasteiger partial charge in [0, 0.05) is 12.7 Å². The van der Waals surface area contributed by atoms with Crippen LogP contribution in [0, 0.1) is 6.92 Å². The Morgan fingerprint density at radius 1 is 0.974 bits per heavy atom. The van der Waals surface area contributed by atoms with Gasteiger partial charge in [-0.2, -0.15) is 11.8 Å². The van der Waals surface area contributed by atoms with Gasteiger partial charge in [0.1, 0.15) is 12.1 Å². The number of amides is 1. The first kappa shape index (κ1) is 29.5. The number of benzene rings is 4. The van der Waals surface area contributed by atoms with Crippen LogP contribution in [0.25, 0.3) is 21.9 Å². The first-order valence-corrected chi connectivity index (χ1v) is 13.6. The molecule has 0 fully saturated rings. The Bertz CT molecular complexity index is 1430. The molecule has 2 unspecified atom stereocenters. The van der Waals surface area contributed by atoms with Crippen molar-refractivity contribution in [3.05, 3.63) is 107 Å². The second-order valence-electron chi connectivity index (χ2n) is 8.95. The van der Waals surface area contributed by atoms with E-state index in [1.807, 2.05) is 67.8 Å². The summed E-state index contributed by atoms with van der Waals surface area (Å²) in [5, 5.41) is 14.6. The van der Waals surface area contributed by atoms with E-state index in [0.29, 0.717) is 17.7 Å². The van der Waals surface area contributed by atoms with Crippen LogP contribution in [0.15, 0.2) is 84.9 Å². The summed E-state index contributed by atoms with van der Waals surface area (Å²) in [4.78, 5) is 25.2. The monoisotopic (exact) mass is 521 g/mol. The van der Waals surface area contributed by atoms with Crippen LogP contribution in [0.1, 0.15) is 41.0 Å². The van der Waals surface area contributed by atoms with E-state index in [9.17, 15) is 14.7 Å². The molecular formula is C31H32LiNO4S. The molecule has 192 valence electrons. The first-order valence-electron chi connectivity index (χ1n) is 12.2. The van der Waals surface area contributed by atoms with Crippen molar-refractivity contribution in [2.45, 2.75) is 25.5 Å². The van der Waals surface area contributed by atoms with Crippen molar-refractivity contribution < 1.29 is 39.7 Å². The van der Waals surface area contributed by atoms with Crippen LogP contribution in [0.5, 0.6) is 0 Å². The number of hydrogen-bond donors (Lipinski definition) is 2. The molecule has 0 saturated heterocycles. The summed E-state index contributed by atoms with van der Waals surface area (Å²) in [6.07, 6.45) is 1.92. The summed E-state index contributed by atoms with van der Waals surface area (Å²) in [6.45, 7) is 2.00. The number of methoxy groups -OCH3 is 1. The maximum atomic E-state index is 13.4. The smallest absolute Gasteiger partial charge is 1.00 e. The molecule has 7 heteroatoms. The summed E-state index contributed by atoms with van der Waals surface area (Å²) in [5.74, 6) is -0.800. The van der Waals surface area contributed by atoms with Gasteiger partial charge in [0.2, 0.25) is 0 Å². The minimum atomic E-state index is -1.04. The maximum absolute atomic E-state index is 13.4. The molecule has 2 atom stereocenters. The molecule has 38 heavy (non-hydrogen) atoms. The van der Waals surface area contributed by atoms with Crippen LogP contribution in [0.3, 0.4) is 0 Å². The van der Waals surface area contributed by atoms with E-state index < -0.39 is 17.9 Å². The molecule has 0 aromatic heterocycles. The minimum absolute atomic E-state index is 0. The molecule has 4 rings (SSSR count). The normalized spacial score (nSPS) is 12.4. The number of nitrogens with one attached hydrogen (secondary N) is 1. The average molecular weight is 522 g/mol. The van der Waals surface area contributed by atoms with E-state index in [2.05, 4.69) is 29.6 Å². The van der Waals surface area contributed by atoms with Gasteiger partial charge in [0.15, 0.2) is 0 Å². The van der Waals surface area contributed by atoms with Crippen molar-refractivity contribution in [1.82, 2.24) is 5.32 Å². The van der Waals surface area contributed by atoms with Crippen molar-refractivity contribution in [1.29, 1.82) is 0 Å². The van der Waals surface area contributed by atoms with Gasteiger partial charge in [-0.25, -0.2) is 4.79 Å². The maximum Gasteiger partial charge on any atom is 1.00 e. The molecule has 0 saturated carbocycles. The first-order chi connectivity index (χ1) is 17.9. The number of carboxylic acids is 1. The largest absolute Gasteiger partial charge is 1.00 e. The SMILES string of the molecule is COC(c1ccc(C(=O)NC(CCSC)C(=O)O)c(-c2ccccc2C)c1)c1cccc2ccccc12.[H-].[Li+]. The summed E-state index contributed by atoms with van der Waals surface area (Å²) in [6, 6.07) is 26.9. The number of hydrogen-bond acceptors (Lipinski definition) is 4. The fraction of sp³-hybridized carbons (Fsp3) is 0.226. The molecular weight excluding hydrogens is 489 g/mol. The zero-order valence-electron chi connectivity index (χ0n) is 23.2. The van der Waals surface area contributed by atoms with Gasteiger partial charge in [-0.1, -0.05) is 72.8 Å². The number of fused-ring (bicyclic) bond motifs is 1. The van der Waals surface area contributed by atoms with Gasteiger partial charge in [0.05, 0.1) is 0 Å². The average Bonchev–Trinajstić information content (AvgIpc) is 2.91. The van der Waals surface area contributed by atoms with E-state index in [1.165, 1.54) is 0 Å². The van der Waals surface area contributed by atoms with Crippen molar-refractivity contribution in [3.63, 3.8) is 0 Å². The topological polar surface area (TPSA) is 75.6 Å². The van der Waals surface area contributed by atoms with Gasteiger partial charge >= 0.3 is 24.8 Å². The van der Waals surface area contributed by atoms with Crippen molar-refractivity contribution in [2.24, 2.45) is 0 Å². The fourth-order valence-electron chi connectivity index (χ4n) is 4.67. The molecule has 0 radical (unpaired) electrons. The van der Waals surface area contributed by atoms with Gasteiger partial charge in [-0.05, 0) is 76.1 Å².